The smallest absolute Gasteiger partial charge is 0.337 e. The Bertz CT molecular complexity index is 449. The van der Waals surface area contributed by atoms with Crippen LogP contribution in [0.4, 0.5) is 0 Å². The molecule has 4 nitrogen and oxygen atoms in total. The first-order valence-corrected chi connectivity index (χ1v) is 6.09. The van der Waals surface area contributed by atoms with Crippen LogP contribution in [0.25, 0.3) is 0 Å². The standard InChI is InChI=1S/C14H17NO3/c1-2-3-4-5-8-18-12-6-7-13(14(16)17)11(9-12)10-15/h6-7,9H,2-5,8H2,1H3,(H,16,17). The van der Waals surface area contributed by atoms with Crippen molar-refractivity contribution in [3.8, 4) is 11.8 Å². The maximum absolute atomic E-state index is 10.8. The van der Waals surface area contributed by atoms with E-state index in [4.69, 9.17) is 15.1 Å². The van der Waals surface area contributed by atoms with Crippen LogP contribution in [0.3, 0.4) is 0 Å². The number of hydrogen-bond acceptors (Lipinski definition) is 3. The molecule has 0 unspecified atom stereocenters. The highest BCUT2D eigenvalue weighted by Gasteiger charge is 2.10. The second-order valence-electron chi connectivity index (χ2n) is 4.03. The van der Waals surface area contributed by atoms with Gasteiger partial charge in [0.05, 0.1) is 17.7 Å². The molecule has 0 fully saturated rings. The number of unbranched alkanes of at least 4 members (excludes halogenated alkanes) is 3. The normalized spacial score (nSPS) is 9.78. The van der Waals surface area contributed by atoms with Crippen molar-refractivity contribution in [2.75, 3.05) is 6.61 Å². The molecular weight excluding hydrogens is 230 g/mol. The summed E-state index contributed by atoms with van der Waals surface area (Å²) in [5.74, 6) is -0.547. The fourth-order valence-electron chi connectivity index (χ4n) is 1.61. The lowest BCUT2D eigenvalue weighted by Gasteiger charge is -2.07. The van der Waals surface area contributed by atoms with Crippen molar-refractivity contribution in [3.63, 3.8) is 0 Å². The minimum atomic E-state index is -1.10. The molecule has 1 rings (SSSR count). The van der Waals surface area contributed by atoms with Crippen molar-refractivity contribution in [2.45, 2.75) is 32.6 Å². The van der Waals surface area contributed by atoms with Crippen LogP contribution in [0.15, 0.2) is 18.2 Å². The number of carbonyl (C=O) groups is 1. The highest BCUT2D eigenvalue weighted by Crippen LogP contribution is 2.18. The zero-order valence-corrected chi connectivity index (χ0v) is 10.5. The van der Waals surface area contributed by atoms with Crippen molar-refractivity contribution in [2.24, 2.45) is 0 Å². The molecule has 0 bridgehead atoms. The number of rotatable bonds is 7. The van der Waals surface area contributed by atoms with Crippen LogP contribution in [0.2, 0.25) is 0 Å². The van der Waals surface area contributed by atoms with Crippen LogP contribution >= 0.6 is 0 Å². The minimum absolute atomic E-state index is 0.0100. The number of aromatic carboxylic acids is 1. The van der Waals surface area contributed by atoms with Crippen molar-refractivity contribution in [3.05, 3.63) is 29.3 Å². The van der Waals surface area contributed by atoms with E-state index in [1.807, 2.05) is 6.07 Å². The van der Waals surface area contributed by atoms with Gasteiger partial charge in [-0.3, -0.25) is 0 Å². The lowest BCUT2D eigenvalue weighted by Crippen LogP contribution is -2.02. The number of benzene rings is 1. The molecule has 1 aromatic rings. The first-order chi connectivity index (χ1) is 8.69. The molecule has 0 aliphatic carbocycles. The van der Waals surface area contributed by atoms with Crippen LogP contribution in [-0.2, 0) is 0 Å². The quantitative estimate of drug-likeness (QED) is 0.751. The van der Waals surface area contributed by atoms with Crippen LogP contribution < -0.4 is 4.74 Å². The predicted molar refractivity (Wildman–Crippen MR) is 67.8 cm³/mol. The third-order valence-corrected chi connectivity index (χ3v) is 2.61. The van der Waals surface area contributed by atoms with Gasteiger partial charge in [0.15, 0.2) is 0 Å². The lowest BCUT2D eigenvalue weighted by atomic mass is 10.1. The second kappa shape index (κ2) is 7.33. The van der Waals surface area contributed by atoms with Crippen molar-refractivity contribution >= 4 is 5.97 Å². The molecule has 0 aliphatic rings. The zero-order chi connectivity index (χ0) is 13.4. The van der Waals surface area contributed by atoms with E-state index in [1.54, 1.807) is 6.07 Å². The van der Waals surface area contributed by atoms with E-state index in [2.05, 4.69) is 6.92 Å². The summed E-state index contributed by atoms with van der Waals surface area (Å²) in [4.78, 5) is 10.8. The van der Waals surface area contributed by atoms with Gasteiger partial charge in [0.1, 0.15) is 11.8 Å². The number of nitriles is 1. The van der Waals surface area contributed by atoms with E-state index in [0.717, 1.165) is 12.8 Å². The average molecular weight is 247 g/mol. The molecule has 1 N–H and O–H groups in total. The number of hydrogen-bond donors (Lipinski definition) is 1. The van der Waals surface area contributed by atoms with Crippen LogP contribution in [0.1, 0.15) is 48.5 Å². The Morgan fingerprint density at radius 3 is 2.78 bits per heavy atom. The molecular formula is C14H17NO3. The van der Waals surface area contributed by atoms with Gasteiger partial charge in [0.2, 0.25) is 0 Å². The van der Waals surface area contributed by atoms with Crippen LogP contribution in [-0.4, -0.2) is 17.7 Å². The molecule has 0 atom stereocenters. The van der Waals surface area contributed by atoms with E-state index in [1.165, 1.54) is 25.0 Å². The maximum Gasteiger partial charge on any atom is 0.337 e. The SMILES string of the molecule is CCCCCCOc1ccc(C(=O)O)c(C#N)c1. The molecule has 4 heteroatoms. The van der Waals surface area contributed by atoms with Gasteiger partial charge in [-0.05, 0) is 24.6 Å². The van der Waals surface area contributed by atoms with Crippen molar-refractivity contribution < 1.29 is 14.6 Å². The van der Waals surface area contributed by atoms with Gasteiger partial charge in [-0.25, -0.2) is 4.79 Å². The van der Waals surface area contributed by atoms with Gasteiger partial charge in [0.25, 0.3) is 0 Å². The first-order valence-electron chi connectivity index (χ1n) is 6.09. The van der Waals surface area contributed by atoms with Crippen LogP contribution in [0, 0.1) is 11.3 Å². The molecule has 96 valence electrons. The third-order valence-electron chi connectivity index (χ3n) is 2.61. The Morgan fingerprint density at radius 2 is 2.17 bits per heavy atom. The number of carboxylic acid groups (broad SMARTS) is 1. The largest absolute Gasteiger partial charge is 0.494 e. The average Bonchev–Trinajstić information content (AvgIpc) is 2.38. The van der Waals surface area contributed by atoms with Gasteiger partial charge in [-0.15, -0.1) is 0 Å². The summed E-state index contributed by atoms with van der Waals surface area (Å²) in [6.07, 6.45) is 4.45. The predicted octanol–water partition coefficient (Wildman–Crippen LogP) is 3.22. The number of carboxylic acids is 1. The molecule has 18 heavy (non-hydrogen) atoms. The Hall–Kier alpha value is -2.02. The molecule has 0 spiro atoms. The van der Waals surface area contributed by atoms with Gasteiger partial charge in [0, 0.05) is 0 Å². The van der Waals surface area contributed by atoms with Crippen molar-refractivity contribution in [1.82, 2.24) is 0 Å². The number of ether oxygens (including phenoxy) is 1. The fraction of sp³-hybridized carbons (Fsp3) is 0.429. The topological polar surface area (TPSA) is 70.3 Å². The monoisotopic (exact) mass is 247 g/mol. The molecule has 0 radical (unpaired) electrons. The summed E-state index contributed by atoms with van der Waals surface area (Å²) in [6, 6.07) is 6.34. The van der Waals surface area contributed by atoms with Crippen LogP contribution in [0.5, 0.6) is 5.75 Å². The minimum Gasteiger partial charge on any atom is -0.494 e. The van der Waals surface area contributed by atoms with Gasteiger partial charge in [-0.2, -0.15) is 5.26 Å². The summed E-state index contributed by atoms with van der Waals surface area (Å²) >= 11 is 0. The highest BCUT2D eigenvalue weighted by molar-refractivity contribution is 5.90. The molecule has 0 heterocycles. The van der Waals surface area contributed by atoms with Gasteiger partial charge >= 0.3 is 5.97 Å². The third kappa shape index (κ3) is 4.10. The zero-order valence-electron chi connectivity index (χ0n) is 10.5. The van der Waals surface area contributed by atoms with E-state index in [0.29, 0.717) is 12.4 Å². The summed E-state index contributed by atoms with van der Waals surface area (Å²) < 4.78 is 5.49. The molecule has 0 aromatic heterocycles. The lowest BCUT2D eigenvalue weighted by molar-refractivity contribution is 0.0696. The molecule has 0 saturated heterocycles. The molecule has 1 aromatic carbocycles. The second-order valence-corrected chi connectivity index (χ2v) is 4.03. The number of nitrogens with zero attached hydrogens (tertiary/aromatic N) is 1. The Labute approximate surface area is 107 Å². The summed E-state index contributed by atoms with van der Waals surface area (Å²) in [7, 11) is 0. The molecule has 0 saturated carbocycles. The first kappa shape index (κ1) is 14.0. The van der Waals surface area contributed by atoms with E-state index >= 15 is 0 Å². The van der Waals surface area contributed by atoms with Gasteiger partial charge in [-0.1, -0.05) is 26.2 Å². The fourth-order valence-corrected chi connectivity index (χ4v) is 1.61. The molecule has 0 amide bonds. The summed E-state index contributed by atoms with van der Waals surface area (Å²) in [5.41, 5.74) is 0.143. The Morgan fingerprint density at radius 1 is 1.39 bits per heavy atom. The van der Waals surface area contributed by atoms with E-state index in [-0.39, 0.29) is 11.1 Å². The summed E-state index contributed by atoms with van der Waals surface area (Å²) in [5, 5.41) is 17.7. The highest BCUT2D eigenvalue weighted by atomic mass is 16.5. The molecule has 0 aliphatic heterocycles. The van der Waals surface area contributed by atoms with E-state index in [9.17, 15) is 4.79 Å². The van der Waals surface area contributed by atoms with Gasteiger partial charge < -0.3 is 9.84 Å². The Balaban J connectivity index is 2.58. The summed E-state index contributed by atoms with van der Waals surface area (Å²) in [6.45, 7) is 2.74. The maximum atomic E-state index is 10.8. The Kier molecular flexibility index (Phi) is 5.72. The van der Waals surface area contributed by atoms with E-state index < -0.39 is 5.97 Å². The van der Waals surface area contributed by atoms with Crippen molar-refractivity contribution in [1.29, 1.82) is 5.26 Å².